The monoisotopic (exact) mass is 614 g/mol. The summed E-state index contributed by atoms with van der Waals surface area (Å²) in [5.41, 5.74) is 9.03. The SMILES string of the molecule is CC(C)Nc1nc2c(C(=O)N(C)C)ncnc2n1C1CCN(c2ccc(N3c4ccccc4C(C)(C)c4ccccc43)cc2)CC1. The molecule has 0 aliphatic carbocycles. The molecule has 0 saturated carbocycles. The number of aromatic nitrogens is 4. The highest BCUT2D eigenvalue weighted by Crippen LogP contribution is 2.51. The lowest BCUT2D eigenvalue weighted by atomic mass is 9.73. The van der Waals surface area contributed by atoms with Gasteiger partial charge in [-0.25, -0.2) is 15.0 Å². The highest BCUT2D eigenvalue weighted by Gasteiger charge is 2.36. The fourth-order valence-corrected chi connectivity index (χ4v) is 7.13. The highest BCUT2D eigenvalue weighted by atomic mass is 16.2. The van der Waals surface area contributed by atoms with Crippen molar-refractivity contribution < 1.29 is 4.79 Å². The van der Waals surface area contributed by atoms with E-state index in [9.17, 15) is 4.79 Å². The Labute approximate surface area is 270 Å². The summed E-state index contributed by atoms with van der Waals surface area (Å²) in [6, 6.07) is 26.9. The van der Waals surface area contributed by atoms with Crippen molar-refractivity contribution >= 4 is 45.8 Å². The van der Waals surface area contributed by atoms with E-state index in [1.165, 1.54) is 39.4 Å². The Kier molecular flexibility index (Phi) is 7.42. The van der Waals surface area contributed by atoms with Crippen LogP contribution in [0.1, 0.15) is 68.2 Å². The van der Waals surface area contributed by atoms with Gasteiger partial charge in [0.05, 0.1) is 11.4 Å². The van der Waals surface area contributed by atoms with Crippen LogP contribution in [0.2, 0.25) is 0 Å². The minimum absolute atomic E-state index is 0.0748. The molecule has 1 saturated heterocycles. The molecule has 2 aliphatic rings. The zero-order valence-electron chi connectivity index (χ0n) is 27.5. The molecule has 3 aromatic carbocycles. The van der Waals surface area contributed by atoms with Crippen molar-refractivity contribution in [2.75, 3.05) is 42.3 Å². The molecule has 46 heavy (non-hydrogen) atoms. The van der Waals surface area contributed by atoms with Crippen molar-refractivity contribution in [2.45, 2.75) is 58.0 Å². The topological polar surface area (TPSA) is 82.4 Å². The molecule has 0 unspecified atom stereocenters. The maximum atomic E-state index is 12.9. The Hall–Kier alpha value is -4.92. The van der Waals surface area contributed by atoms with Crippen LogP contribution in [0.15, 0.2) is 79.1 Å². The van der Waals surface area contributed by atoms with Gasteiger partial charge in [0, 0.05) is 56.1 Å². The fraction of sp³-hybridized carbons (Fsp3) is 0.351. The predicted octanol–water partition coefficient (Wildman–Crippen LogP) is 7.30. The molecule has 5 aromatic rings. The molecular formula is C37H42N8O. The van der Waals surface area contributed by atoms with Gasteiger partial charge in [0.25, 0.3) is 5.91 Å². The molecule has 0 radical (unpaired) electrons. The number of carbonyl (C=O) groups excluding carboxylic acids is 1. The quantitative estimate of drug-likeness (QED) is 0.215. The Morgan fingerprint density at radius 2 is 1.46 bits per heavy atom. The Balaban J connectivity index is 1.15. The Morgan fingerprint density at radius 1 is 0.870 bits per heavy atom. The zero-order valence-corrected chi connectivity index (χ0v) is 27.5. The molecule has 1 N–H and O–H groups in total. The Morgan fingerprint density at radius 3 is 2.04 bits per heavy atom. The van der Waals surface area contributed by atoms with Gasteiger partial charge in [-0.15, -0.1) is 0 Å². The van der Waals surface area contributed by atoms with Crippen LogP contribution in [0.4, 0.5) is 28.7 Å². The summed E-state index contributed by atoms with van der Waals surface area (Å²) >= 11 is 0. The molecule has 0 spiro atoms. The van der Waals surface area contributed by atoms with E-state index >= 15 is 0 Å². The number of nitrogens with zero attached hydrogens (tertiary/aromatic N) is 7. The number of imidazole rings is 1. The van der Waals surface area contributed by atoms with Crippen molar-refractivity contribution in [1.82, 2.24) is 24.4 Å². The predicted molar refractivity (Wildman–Crippen MR) is 186 cm³/mol. The fourth-order valence-electron chi connectivity index (χ4n) is 7.13. The van der Waals surface area contributed by atoms with Crippen LogP contribution in [0.5, 0.6) is 0 Å². The number of fused-ring (bicyclic) bond motifs is 3. The molecule has 7 rings (SSSR count). The second kappa shape index (κ2) is 11.5. The van der Waals surface area contributed by atoms with Crippen molar-refractivity contribution in [3.63, 3.8) is 0 Å². The minimum Gasteiger partial charge on any atom is -0.371 e. The van der Waals surface area contributed by atoms with Crippen molar-refractivity contribution in [1.29, 1.82) is 0 Å². The number of hydrogen-bond donors (Lipinski definition) is 1. The molecule has 9 heteroatoms. The smallest absolute Gasteiger partial charge is 0.274 e. The van der Waals surface area contributed by atoms with Gasteiger partial charge >= 0.3 is 0 Å². The van der Waals surface area contributed by atoms with Gasteiger partial charge in [-0.2, -0.15) is 0 Å². The first-order valence-corrected chi connectivity index (χ1v) is 16.2. The summed E-state index contributed by atoms with van der Waals surface area (Å²) in [5, 5.41) is 3.50. The number of nitrogens with one attached hydrogen (secondary N) is 1. The van der Waals surface area contributed by atoms with E-state index in [1.54, 1.807) is 14.1 Å². The van der Waals surface area contributed by atoms with Crippen LogP contribution in [0, 0.1) is 0 Å². The lowest BCUT2D eigenvalue weighted by Crippen LogP contribution is -2.35. The van der Waals surface area contributed by atoms with Crippen molar-refractivity contribution in [2.24, 2.45) is 0 Å². The summed E-state index contributed by atoms with van der Waals surface area (Å²) < 4.78 is 2.19. The number of para-hydroxylation sites is 2. The number of piperidine rings is 1. The third kappa shape index (κ3) is 4.94. The van der Waals surface area contributed by atoms with E-state index < -0.39 is 0 Å². The maximum absolute atomic E-state index is 12.9. The summed E-state index contributed by atoms with van der Waals surface area (Å²) in [4.78, 5) is 33.1. The third-order valence-electron chi connectivity index (χ3n) is 9.44. The number of amides is 1. The van der Waals surface area contributed by atoms with Gasteiger partial charge < -0.3 is 20.0 Å². The molecular weight excluding hydrogens is 572 g/mol. The first kappa shape index (κ1) is 29.8. The largest absolute Gasteiger partial charge is 0.371 e. The van der Waals surface area contributed by atoms with Crippen molar-refractivity contribution in [3.05, 3.63) is 95.9 Å². The first-order chi connectivity index (χ1) is 22.1. The van der Waals surface area contributed by atoms with Crippen LogP contribution < -0.4 is 15.1 Å². The van der Waals surface area contributed by atoms with Crippen molar-refractivity contribution in [3.8, 4) is 0 Å². The number of hydrogen-bond acceptors (Lipinski definition) is 7. The molecule has 9 nitrogen and oxygen atoms in total. The van der Waals surface area contributed by atoms with E-state index in [1.807, 2.05) is 0 Å². The van der Waals surface area contributed by atoms with E-state index in [0.717, 1.165) is 37.6 Å². The summed E-state index contributed by atoms with van der Waals surface area (Å²) in [6.07, 6.45) is 3.35. The average Bonchev–Trinajstić information content (AvgIpc) is 3.42. The molecule has 0 bridgehead atoms. The van der Waals surface area contributed by atoms with Gasteiger partial charge in [0.15, 0.2) is 11.3 Å². The van der Waals surface area contributed by atoms with Gasteiger partial charge in [0.2, 0.25) is 5.95 Å². The van der Waals surface area contributed by atoms with E-state index in [4.69, 9.17) is 4.98 Å². The van der Waals surface area contributed by atoms with Gasteiger partial charge in [-0.05, 0) is 74.2 Å². The van der Waals surface area contributed by atoms with E-state index in [-0.39, 0.29) is 23.4 Å². The van der Waals surface area contributed by atoms with Crippen LogP contribution in [0.25, 0.3) is 11.2 Å². The molecule has 1 amide bonds. The zero-order chi connectivity index (χ0) is 32.2. The standard InChI is InChI=1S/C37H42N8O/c1-24(2)40-36-41-32-33(35(46)42(5)6)38-23-39-34(32)45(36)27-19-21-43(22-20-27)25-15-17-26(18-16-25)44-30-13-9-7-11-28(30)37(3,4)29-12-8-10-14-31(29)44/h7-18,23-24,27H,19-22H2,1-6H3,(H,40,41). The number of anilines is 5. The lowest BCUT2D eigenvalue weighted by molar-refractivity contribution is 0.0823. The molecule has 0 atom stereocenters. The third-order valence-corrected chi connectivity index (χ3v) is 9.44. The lowest BCUT2D eigenvalue weighted by Gasteiger charge is -2.42. The summed E-state index contributed by atoms with van der Waals surface area (Å²) in [7, 11) is 3.46. The number of rotatable bonds is 6. The molecule has 4 heterocycles. The summed E-state index contributed by atoms with van der Waals surface area (Å²) in [5.74, 6) is 0.568. The average molecular weight is 615 g/mol. The molecule has 2 aliphatic heterocycles. The summed E-state index contributed by atoms with van der Waals surface area (Å²) in [6.45, 7) is 10.6. The van der Waals surface area contributed by atoms with Crippen LogP contribution in [-0.2, 0) is 5.41 Å². The van der Waals surface area contributed by atoms with Gasteiger partial charge in [-0.3, -0.25) is 9.36 Å². The molecule has 2 aromatic heterocycles. The van der Waals surface area contributed by atoms with Gasteiger partial charge in [-0.1, -0.05) is 50.2 Å². The van der Waals surface area contributed by atoms with Crippen LogP contribution >= 0.6 is 0 Å². The minimum atomic E-state index is -0.174. The van der Waals surface area contributed by atoms with E-state index in [0.29, 0.717) is 16.9 Å². The van der Waals surface area contributed by atoms with E-state index in [2.05, 4.69) is 130 Å². The number of benzene rings is 3. The van der Waals surface area contributed by atoms with Gasteiger partial charge in [0.1, 0.15) is 11.8 Å². The highest BCUT2D eigenvalue weighted by molar-refractivity contribution is 6.02. The molecule has 236 valence electrons. The number of carbonyl (C=O) groups is 1. The van der Waals surface area contributed by atoms with Crippen LogP contribution in [0.3, 0.4) is 0 Å². The first-order valence-electron chi connectivity index (χ1n) is 16.2. The molecule has 1 fully saturated rings. The second-order valence-corrected chi connectivity index (χ2v) is 13.4. The maximum Gasteiger partial charge on any atom is 0.274 e. The second-order valence-electron chi connectivity index (χ2n) is 13.4. The normalized spacial score (nSPS) is 16.0. The Bertz CT molecular complexity index is 1850. The van der Waals surface area contributed by atoms with Crippen LogP contribution in [-0.4, -0.2) is 63.6 Å².